The second kappa shape index (κ2) is 4.69. The van der Waals surface area contributed by atoms with Crippen molar-refractivity contribution in [3.63, 3.8) is 0 Å². The van der Waals surface area contributed by atoms with Gasteiger partial charge >= 0.3 is 0 Å². The molecule has 106 valence electrons. The summed E-state index contributed by atoms with van der Waals surface area (Å²) >= 11 is 1.72. The summed E-state index contributed by atoms with van der Waals surface area (Å²) in [5, 5.41) is 14.9. The fourth-order valence-corrected chi connectivity index (χ4v) is 4.60. The standard InChI is InChI=1S/C19H18OS/c1-13-9-11-19(20,16-7-3-2-6-15(13)16)17-8-4-5-14-10-12-21-18(14)17/h2-8,10,12-13,20H,9,11H2,1H3. The third-order valence-corrected chi connectivity index (χ3v) is 5.76. The predicted molar refractivity (Wildman–Crippen MR) is 88.9 cm³/mol. The quantitative estimate of drug-likeness (QED) is 0.667. The Balaban J connectivity index is 1.99. The fourth-order valence-electron chi connectivity index (χ4n) is 3.62. The van der Waals surface area contributed by atoms with Crippen molar-refractivity contribution in [2.45, 2.75) is 31.3 Å². The minimum Gasteiger partial charge on any atom is -0.380 e. The highest BCUT2D eigenvalue weighted by atomic mass is 32.1. The van der Waals surface area contributed by atoms with Crippen LogP contribution in [0.15, 0.2) is 53.9 Å². The number of aliphatic hydroxyl groups is 1. The van der Waals surface area contributed by atoms with E-state index in [-0.39, 0.29) is 0 Å². The van der Waals surface area contributed by atoms with Crippen LogP contribution >= 0.6 is 11.3 Å². The Bertz CT molecular complexity index is 804. The van der Waals surface area contributed by atoms with Gasteiger partial charge in [0.2, 0.25) is 0 Å². The molecule has 0 bridgehead atoms. The lowest BCUT2D eigenvalue weighted by Gasteiger charge is -2.38. The maximum absolute atomic E-state index is 11.5. The SMILES string of the molecule is CC1CCC(O)(c2cccc3ccsc23)c2ccccc21. The summed E-state index contributed by atoms with van der Waals surface area (Å²) in [6, 6.07) is 16.8. The van der Waals surface area contributed by atoms with Crippen LogP contribution in [-0.2, 0) is 5.60 Å². The molecule has 2 unspecified atom stereocenters. The smallest absolute Gasteiger partial charge is 0.116 e. The molecule has 2 heteroatoms. The Morgan fingerprint density at radius 2 is 1.86 bits per heavy atom. The highest BCUT2D eigenvalue weighted by molar-refractivity contribution is 7.17. The van der Waals surface area contributed by atoms with E-state index >= 15 is 0 Å². The van der Waals surface area contributed by atoms with Crippen LogP contribution < -0.4 is 0 Å². The third kappa shape index (κ3) is 1.86. The number of hydrogen-bond donors (Lipinski definition) is 1. The third-order valence-electron chi connectivity index (χ3n) is 4.80. The summed E-state index contributed by atoms with van der Waals surface area (Å²) < 4.78 is 1.21. The van der Waals surface area contributed by atoms with Gasteiger partial charge in [-0.1, -0.05) is 49.4 Å². The zero-order chi connectivity index (χ0) is 14.4. The molecule has 2 atom stereocenters. The maximum atomic E-state index is 11.5. The van der Waals surface area contributed by atoms with E-state index in [0.717, 1.165) is 24.0 Å². The summed E-state index contributed by atoms with van der Waals surface area (Å²) in [4.78, 5) is 0. The zero-order valence-electron chi connectivity index (χ0n) is 12.0. The Morgan fingerprint density at radius 3 is 2.76 bits per heavy atom. The van der Waals surface area contributed by atoms with Gasteiger partial charge in [0.05, 0.1) is 0 Å². The van der Waals surface area contributed by atoms with E-state index in [2.05, 4.69) is 54.8 Å². The summed E-state index contributed by atoms with van der Waals surface area (Å²) in [7, 11) is 0. The highest BCUT2D eigenvalue weighted by Gasteiger charge is 2.39. The van der Waals surface area contributed by atoms with Crippen LogP contribution in [0.2, 0.25) is 0 Å². The topological polar surface area (TPSA) is 20.2 Å². The van der Waals surface area contributed by atoms with Crippen LogP contribution in [-0.4, -0.2) is 5.11 Å². The second-order valence-electron chi connectivity index (χ2n) is 6.03. The highest BCUT2D eigenvalue weighted by Crippen LogP contribution is 2.47. The molecular weight excluding hydrogens is 276 g/mol. The van der Waals surface area contributed by atoms with Crippen molar-refractivity contribution in [3.05, 3.63) is 70.6 Å². The summed E-state index contributed by atoms with van der Waals surface area (Å²) in [6.45, 7) is 2.25. The van der Waals surface area contributed by atoms with Crippen LogP contribution in [0, 0.1) is 0 Å². The van der Waals surface area contributed by atoms with Gasteiger partial charge in [0, 0.05) is 10.3 Å². The lowest BCUT2D eigenvalue weighted by molar-refractivity contribution is 0.0596. The Labute approximate surface area is 128 Å². The molecule has 1 nitrogen and oxygen atoms in total. The average Bonchev–Trinajstić information content (AvgIpc) is 3.00. The van der Waals surface area contributed by atoms with Crippen LogP contribution in [0.25, 0.3) is 10.1 Å². The van der Waals surface area contributed by atoms with Gasteiger partial charge in [0.25, 0.3) is 0 Å². The molecule has 1 aliphatic rings. The molecule has 4 rings (SSSR count). The normalized spacial score (nSPS) is 25.0. The van der Waals surface area contributed by atoms with E-state index in [4.69, 9.17) is 0 Å². The van der Waals surface area contributed by atoms with Crippen molar-refractivity contribution in [2.75, 3.05) is 0 Å². The second-order valence-corrected chi connectivity index (χ2v) is 6.95. The van der Waals surface area contributed by atoms with Gasteiger partial charge in [-0.2, -0.15) is 0 Å². The number of fused-ring (bicyclic) bond motifs is 2. The zero-order valence-corrected chi connectivity index (χ0v) is 12.9. The number of benzene rings is 2. The molecule has 21 heavy (non-hydrogen) atoms. The molecule has 1 heterocycles. The van der Waals surface area contributed by atoms with Gasteiger partial charge in [-0.05, 0) is 46.7 Å². The largest absolute Gasteiger partial charge is 0.380 e. The Morgan fingerprint density at radius 1 is 1.05 bits per heavy atom. The van der Waals surface area contributed by atoms with Gasteiger partial charge in [0.1, 0.15) is 5.60 Å². The number of rotatable bonds is 1. The summed E-state index contributed by atoms with van der Waals surface area (Å²) in [5.74, 6) is 0.518. The molecular formula is C19H18OS. The molecule has 0 fully saturated rings. The molecule has 0 saturated carbocycles. The number of hydrogen-bond acceptors (Lipinski definition) is 2. The summed E-state index contributed by atoms with van der Waals surface area (Å²) in [6.07, 6.45) is 1.82. The molecule has 0 radical (unpaired) electrons. The van der Waals surface area contributed by atoms with Crippen molar-refractivity contribution in [1.29, 1.82) is 0 Å². The van der Waals surface area contributed by atoms with Gasteiger partial charge in [-0.25, -0.2) is 0 Å². The first kappa shape index (κ1) is 13.1. The minimum atomic E-state index is -0.854. The lowest BCUT2D eigenvalue weighted by Crippen LogP contribution is -2.33. The van der Waals surface area contributed by atoms with Crippen LogP contribution in [0.4, 0.5) is 0 Å². The monoisotopic (exact) mass is 294 g/mol. The van der Waals surface area contributed by atoms with Gasteiger partial charge in [0.15, 0.2) is 0 Å². The van der Waals surface area contributed by atoms with E-state index in [0.29, 0.717) is 5.92 Å². The molecule has 1 N–H and O–H groups in total. The molecule has 1 aromatic heterocycles. The Kier molecular flexibility index (Phi) is 2.91. The van der Waals surface area contributed by atoms with Crippen LogP contribution in [0.1, 0.15) is 42.4 Å². The van der Waals surface area contributed by atoms with Crippen molar-refractivity contribution in [2.24, 2.45) is 0 Å². The van der Waals surface area contributed by atoms with E-state index in [1.807, 2.05) is 6.07 Å². The van der Waals surface area contributed by atoms with E-state index in [1.165, 1.54) is 15.6 Å². The van der Waals surface area contributed by atoms with Crippen molar-refractivity contribution >= 4 is 21.4 Å². The first-order valence-electron chi connectivity index (χ1n) is 7.48. The lowest BCUT2D eigenvalue weighted by atomic mass is 9.71. The maximum Gasteiger partial charge on any atom is 0.116 e. The molecule has 0 spiro atoms. The minimum absolute atomic E-state index is 0.518. The molecule has 1 aliphatic carbocycles. The van der Waals surface area contributed by atoms with Crippen molar-refractivity contribution < 1.29 is 5.11 Å². The molecule has 0 aliphatic heterocycles. The molecule has 0 amide bonds. The first-order valence-corrected chi connectivity index (χ1v) is 8.36. The summed E-state index contributed by atoms with van der Waals surface area (Å²) in [5.41, 5.74) is 2.59. The molecule has 3 aromatic rings. The van der Waals surface area contributed by atoms with Crippen LogP contribution in [0.3, 0.4) is 0 Å². The molecule has 0 saturated heterocycles. The van der Waals surface area contributed by atoms with Gasteiger partial charge in [-0.15, -0.1) is 11.3 Å². The van der Waals surface area contributed by atoms with Crippen LogP contribution in [0.5, 0.6) is 0 Å². The van der Waals surface area contributed by atoms with Gasteiger partial charge in [-0.3, -0.25) is 0 Å². The van der Waals surface area contributed by atoms with Crippen molar-refractivity contribution in [3.8, 4) is 0 Å². The molecule has 2 aromatic carbocycles. The van der Waals surface area contributed by atoms with Crippen molar-refractivity contribution in [1.82, 2.24) is 0 Å². The van der Waals surface area contributed by atoms with E-state index in [9.17, 15) is 5.11 Å². The first-order chi connectivity index (χ1) is 10.2. The predicted octanol–water partition coefficient (Wildman–Crippen LogP) is 5.03. The Hall–Kier alpha value is -1.64. The van der Waals surface area contributed by atoms with E-state index < -0.39 is 5.60 Å². The van der Waals surface area contributed by atoms with Gasteiger partial charge < -0.3 is 5.11 Å². The average molecular weight is 294 g/mol. The fraction of sp³-hybridized carbons (Fsp3) is 0.263. The number of thiophene rings is 1. The van der Waals surface area contributed by atoms with E-state index in [1.54, 1.807) is 11.3 Å².